The standard InChI is InChI=1S/C10H8F5NO/c11-9(12,10(13,14)15)7-3-1-2-6(4-7)5-8(16)17/h1-4H,5H2,(H2,16,17). The number of carbonyl (C=O) groups excluding carboxylic acids is 1. The molecule has 0 spiro atoms. The Balaban J connectivity index is 3.11. The lowest BCUT2D eigenvalue weighted by Gasteiger charge is -2.20. The van der Waals surface area contributed by atoms with Gasteiger partial charge >= 0.3 is 12.1 Å². The molecule has 0 aliphatic carbocycles. The molecule has 0 aliphatic rings. The first kappa shape index (κ1) is 13.4. The van der Waals surface area contributed by atoms with Crippen molar-refractivity contribution in [3.05, 3.63) is 35.4 Å². The average molecular weight is 253 g/mol. The summed E-state index contributed by atoms with van der Waals surface area (Å²) in [6.07, 6.45) is -6.06. The van der Waals surface area contributed by atoms with Gasteiger partial charge in [-0.15, -0.1) is 0 Å². The summed E-state index contributed by atoms with van der Waals surface area (Å²) in [7, 11) is 0. The molecule has 1 aromatic rings. The summed E-state index contributed by atoms with van der Waals surface area (Å²) in [6.45, 7) is 0. The van der Waals surface area contributed by atoms with Crippen LogP contribution in [0.4, 0.5) is 22.0 Å². The maximum atomic E-state index is 12.9. The van der Waals surface area contributed by atoms with Crippen LogP contribution in [0.1, 0.15) is 11.1 Å². The largest absolute Gasteiger partial charge is 0.458 e. The number of halogens is 5. The predicted octanol–water partition coefficient (Wildman–Crippen LogP) is 2.37. The Morgan fingerprint density at radius 3 is 2.24 bits per heavy atom. The van der Waals surface area contributed by atoms with Crippen LogP contribution in [0.2, 0.25) is 0 Å². The van der Waals surface area contributed by atoms with Crippen molar-refractivity contribution in [2.75, 3.05) is 0 Å². The smallest absolute Gasteiger partial charge is 0.369 e. The first-order chi connectivity index (χ1) is 7.64. The third kappa shape index (κ3) is 2.92. The number of rotatable bonds is 3. The lowest BCUT2D eigenvalue weighted by atomic mass is 10.0. The topological polar surface area (TPSA) is 43.1 Å². The first-order valence-electron chi connectivity index (χ1n) is 4.47. The van der Waals surface area contributed by atoms with E-state index < -0.39 is 23.6 Å². The van der Waals surface area contributed by atoms with Crippen molar-refractivity contribution >= 4 is 5.91 Å². The minimum atomic E-state index is -5.67. The van der Waals surface area contributed by atoms with Crippen LogP contribution in [-0.2, 0) is 17.1 Å². The molecule has 0 heterocycles. The van der Waals surface area contributed by atoms with Crippen LogP contribution in [0, 0.1) is 0 Å². The molecular formula is C10H8F5NO. The Morgan fingerprint density at radius 1 is 1.18 bits per heavy atom. The lowest BCUT2D eigenvalue weighted by Crippen LogP contribution is -2.33. The molecule has 0 saturated heterocycles. The van der Waals surface area contributed by atoms with E-state index in [1.165, 1.54) is 6.07 Å². The molecule has 2 nitrogen and oxygen atoms in total. The van der Waals surface area contributed by atoms with Crippen molar-refractivity contribution in [1.82, 2.24) is 0 Å². The van der Waals surface area contributed by atoms with E-state index in [1.807, 2.05) is 0 Å². The van der Waals surface area contributed by atoms with Crippen molar-refractivity contribution in [2.24, 2.45) is 5.73 Å². The fourth-order valence-corrected chi connectivity index (χ4v) is 1.24. The molecule has 0 fully saturated rings. The second-order valence-electron chi connectivity index (χ2n) is 3.42. The van der Waals surface area contributed by atoms with Gasteiger partial charge in [0.25, 0.3) is 0 Å². The van der Waals surface area contributed by atoms with Gasteiger partial charge in [0.1, 0.15) is 0 Å². The summed E-state index contributed by atoms with van der Waals surface area (Å²) in [5.74, 6) is -5.75. The van der Waals surface area contributed by atoms with Crippen LogP contribution in [0.25, 0.3) is 0 Å². The minimum absolute atomic E-state index is 0.0129. The van der Waals surface area contributed by atoms with E-state index in [1.54, 1.807) is 0 Å². The van der Waals surface area contributed by atoms with Crippen LogP contribution < -0.4 is 5.73 Å². The zero-order chi connectivity index (χ0) is 13.3. The predicted molar refractivity (Wildman–Crippen MR) is 49.3 cm³/mol. The molecule has 1 rings (SSSR count). The van der Waals surface area contributed by atoms with Gasteiger partial charge in [0.2, 0.25) is 5.91 Å². The van der Waals surface area contributed by atoms with E-state index in [2.05, 4.69) is 0 Å². The number of hydrogen-bond donors (Lipinski definition) is 1. The van der Waals surface area contributed by atoms with Crippen molar-refractivity contribution in [2.45, 2.75) is 18.5 Å². The summed E-state index contributed by atoms with van der Waals surface area (Å²) < 4.78 is 62.1. The summed E-state index contributed by atoms with van der Waals surface area (Å²) in [4.78, 5) is 10.5. The Kier molecular flexibility index (Phi) is 3.40. The molecule has 1 amide bonds. The Morgan fingerprint density at radius 2 is 1.76 bits per heavy atom. The second-order valence-corrected chi connectivity index (χ2v) is 3.42. The number of benzene rings is 1. The van der Waals surface area contributed by atoms with Crippen molar-refractivity contribution < 1.29 is 26.7 Å². The van der Waals surface area contributed by atoms with Gasteiger partial charge in [-0.25, -0.2) is 0 Å². The van der Waals surface area contributed by atoms with Gasteiger partial charge in [-0.2, -0.15) is 22.0 Å². The molecule has 2 N–H and O–H groups in total. The fourth-order valence-electron chi connectivity index (χ4n) is 1.24. The van der Waals surface area contributed by atoms with E-state index in [9.17, 15) is 26.7 Å². The SMILES string of the molecule is NC(=O)Cc1cccc(C(F)(F)C(F)(F)F)c1. The highest BCUT2D eigenvalue weighted by molar-refractivity contribution is 5.76. The van der Waals surface area contributed by atoms with Gasteiger partial charge < -0.3 is 5.73 Å². The molecule has 0 bridgehead atoms. The van der Waals surface area contributed by atoms with Crippen molar-refractivity contribution in [1.29, 1.82) is 0 Å². The van der Waals surface area contributed by atoms with Crippen molar-refractivity contribution in [3.8, 4) is 0 Å². The zero-order valence-electron chi connectivity index (χ0n) is 8.39. The number of amides is 1. The molecule has 0 unspecified atom stereocenters. The average Bonchev–Trinajstić information content (AvgIpc) is 2.15. The zero-order valence-corrected chi connectivity index (χ0v) is 8.39. The van der Waals surface area contributed by atoms with Gasteiger partial charge in [0.15, 0.2) is 0 Å². The van der Waals surface area contributed by atoms with Crippen molar-refractivity contribution in [3.63, 3.8) is 0 Å². The Hall–Kier alpha value is -1.66. The number of carbonyl (C=O) groups is 1. The Labute approximate surface area is 93.2 Å². The summed E-state index contributed by atoms with van der Waals surface area (Å²) in [6, 6.07) is 3.55. The normalized spacial score (nSPS) is 12.5. The van der Waals surface area contributed by atoms with Crippen LogP contribution in [-0.4, -0.2) is 12.1 Å². The van der Waals surface area contributed by atoms with E-state index in [0.717, 1.165) is 6.07 Å². The van der Waals surface area contributed by atoms with Crippen LogP contribution >= 0.6 is 0 Å². The molecular weight excluding hydrogens is 245 g/mol. The van der Waals surface area contributed by atoms with E-state index in [4.69, 9.17) is 5.73 Å². The van der Waals surface area contributed by atoms with Crippen LogP contribution in [0.3, 0.4) is 0 Å². The number of alkyl halides is 5. The molecule has 0 aromatic heterocycles. The number of hydrogen-bond acceptors (Lipinski definition) is 1. The summed E-state index contributed by atoms with van der Waals surface area (Å²) in [5.41, 5.74) is 3.63. The maximum Gasteiger partial charge on any atom is 0.458 e. The van der Waals surface area contributed by atoms with E-state index in [0.29, 0.717) is 12.1 Å². The summed E-state index contributed by atoms with van der Waals surface area (Å²) >= 11 is 0. The van der Waals surface area contributed by atoms with E-state index >= 15 is 0 Å². The number of primary amides is 1. The van der Waals surface area contributed by atoms with Gasteiger partial charge in [0.05, 0.1) is 6.42 Å². The molecule has 1 aromatic carbocycles. The third-order valence-corrected chi connectivity index (χ3v) is 2.02. The summed E-state index contributed by atoms with van der Waals surface area (Å²) in [5, 5.41) is 0. The highest BCUT2D eigenvalue weighted by Gasteiger charge is 2.58. The number of nitrogens with two attached hydrogens (primary N) is 1. The maximum absolute atomic E-state index is 12.9. The quantitative estimate of drug-likeness (QED) is 0.825. The van der Waals surface area contributed by atoms with Gasteiger partial charge in [-0.3, -0.25) is 4.79 Å². The molecule has 0 atom stereocenters. The molecule has 7 heteroatoms. The van der Waals surface area contributed by atoms with Gasteiger partial charge in [0, 0.05) is 5.56 Å². The first-order valence-corrected chi connectivity index (χ1v) is 4.47. The van der Waals surface area contributed by atoms with Gasteiger partial charge in [-0.05, 0) is 11.6 Å². The van der Waals surface area contributed by atoms with Gasteiger partial charge in [-0.1, -0.05) is 18.2 Å². The van der Waals surface area contributed by atoms with Crippen LogP contribution in [0.5, 0.6) is 0 Å². The molecule has 94 valence electrons. The third-order valence-electron chi connectivity index (χ3n) is 2.02. The molecule has 0 saturated carbocycles. The van der Waals surface area contributed by atoms with E-state index in [-0.39, 0.29) is 12.0 Å². The monoisotopic (exact) mass is 253 g/mol. The fraction of sp³-hybridized carbons (Fsp3) is 0.300. The highest BCUT2D eigenvalue weighted by Crippen LogP contribution is 2.43. The molecule has 0 aliphatic heterocycles. The highest BCUT2D eigenvalue weighted by atomic mass is 19.4. The molecule has 17 heavy (non-hydrogen) atoms. The van der Waals surface area contributed by atoms with Crippen LogP contribution in [0.15, 0.2) is 24.3 Å². The lowest BCUT2D eigenvalue weighted by molar-refractivity contribution is -0.289. The second kappa shape index (κ2) is 4.31. The minimum Gasteiger partial charge on any atom is -0.369 e. The Bertz CT molecular complexity index is 427. The molecule has 0 radical (unpaired) electrons.